The fraction of sp³-hybridized carbons (Fsp3) is 0.333. The Bertz CT molecular complexity index is 574. The maximum absolute atomic E-state index is 12.7. The van der Waals surface area contributed by atoms with Crippen LogP contribution in [0.1, 0.15) is 12.0 Å². The molecule has 0 radical (unpaired) electrons. The molecule has 0 aliphatic carbocycles. The summed E-state index contributed by atoms with van der Waals surface area (Å²) in [6.45, 7) is -0.00588. The lowest BCUT2D eigenvalue weighted by Crippen LogP contribution is -2.28. The third-order valence-corrected chi connectivity index (χ3v) is 3.76. The summed E-state index contributed by atoms with van der Waals surface area (Å²) in [6, 6.07) is 3.02. The number of rotatable bonds is 2. The number of hydrogen-bond acceptors (Lipinski definition) is 2. The fourth-order valence-electron chi connectivity index (χ4n) is 2.03. The van der Waals surface area contributed by atoms with Gasteiger partial charge < -0.3 is 10.6 Å². The SMILES string of the molecule is NC(=O)C1CC(=O)N(c2cc(C(F)(F)F)ccc2Br)C1. The van der Waals surface area contributed by atoms with Crippen LogP contribution in [0.15, 0.2) is 22.7 Å². The number of anilines is 1. The smallest absolute Gasteiger partial charge is 0.369 e. The van der Waals surface area contributed by atoms with E-state index < -0.39 is 29.5 Å². The number of benzene rings is 1. The zero-order valence-electron chi connectivity index (χ0n) is 10.1. The van der Waals surface area contributed by atoms with Crippen LogP contribution in [0.4, 0.5) is 18.9 Å². The molecule has 2 rings (SSSR count). The number of primary amides is 1. The van der Waals surface area contributed by atoms with Crippen molar-refractivity contribution in [3.63, 3.8) is 0 Å². The van der Waals surface area contributed by atoms with Crippen LogP contribution in [0.5, 0.6) is 0 Å². The molecule has 1 heterocycles. The van der Waals surface area contributed by atoms with Gasteiger partial charge in [0.15, 0.2) is 0 Å². The van der Waals surface area contributed by atoms with E-state index in [-0.39, 0.29) is 18.7 Å². The molecule has 2 amide bonds. The number of alkyl halides is 3. The van der Waals surface area contributed by atoms with Crippen LogP contribution in [0.25, 0.3) is 0 Å². The summed E-state index contributed by atoms with van der Waals surface area (Å²) in [7, 11) is 0. The number of carbonyl (C=O) groups excluding carboxylic acids is 2. The second-order valence-corrected chi connectivity index (χ2v) is 5.33. The van der Waals surface area contributed by atoms with Crippen molar-refractivity contribution in [1.82, 2.24) is 0 Å². The molecule has 0 saturated carbocycles. The molecule has 20 heavy (non-hydrogen) atoms. The van der Waals surface area contributed by atoms with E-state index in [0.717, 1.165) is 17.0 Å². The summed E-state index contributed by atoms with van der Waals surface area (Å²) < 4.78 is 38.4. The Morgan fingerprint density at radius 1 is 1.40 bits per heavy atom. The van der Waals surface area contributed by atoms with E-state index in [4.69, 9.17) is 5.73 Å². The Balaban J connectivity index is 2.38. The van der Waals surface area contributed by atoms with Crippen LogP contribution < -0.4 is 10.6 Å². The highest BCUT2D eigenvalue weighted by atomic mass is 79.9. The first kappa shape index (κ1) is 14.8. The van der Waals surface area contributed by atoms with Gasteiger partial charge in [-0.2, -0.15) is 13.2 Å². The molecule has 1 aliphatic rings. The van der Waals surface area contributed by atoms with E-state index in [1.807, 2.05) is 0 Å². The van der Waals surface area contributed by atoms with Crippen LogP contribution in [-0.2, 0) is 15.8 Å². The van der Waals surface area contributed by atoms with Crippen LogP contribution in [-0.4, -0.2) is 18.4 Å². The molecule has 2 N–H and O–H groups in total. The van der Waals surface area contributed by atoms with E-state index in [0.29, 0.717) is 4.47 Å². The molecule has 108 valence electrons. The van der Waals surface area contributed by atoms with Crippen molar-refractivity contribution < 1.29 is 22.8 Å². The van der Waals surface area contributed by atoms with E-state index in [1.165, 1.54) is 6.07 Å². The van der Waals surface area contributed by atoms with Crippen LogP contribution in [0.2, 0.25) is 0 Å². The van der Waals surface area contributed by atoms with Crippen molar-refractivity contribution in [3.8, 4) is 0 Å². The summed E-state index contributed by atoms with van der Waals surface area (Å²) in [5.41, 5.74) is 4.36. The van der Waals surface area contributed by atoms with Crippen molar-refractivity contribution in [2.45, 2.75) is 12.6 Å². The third-order valence-electron chi connectivity index (χ3n) is 3.09. The highest BCUT2D eigenvalue weighted by Gasteiger charge is 2.37. The van der Waals surface area contributed by atoms with E-state index in [9.17, 15) is 22.8 Å². The van der Waals surface area contributed by atoms with Crippen molar-refractivity contribution in [2.75, 3.05) is 11.4 Å². The normalized spacial score (nSPS) is 19.5. The van der Waals surface area contributed by atoms with Crippen molar-refractivity contribution in [2.24, 2.45) is 11.7 Å². The molecule has 1 aliphatic heterocycles. The monoisotopic (exact) mass is 350 g/mol. The van der Waals surface area contributed by atoms with Gasteiger partial charge in [-0.15, -0.1) is 0 Å². The summed E-state index contributed by atoms with van der Waals surface area (Å²) >= 11 is 3.11. The number of nitrogens with zero attached hydrogens (tertiary/aromatic N) is 1. The van der Waals surface area contributed by atoms with Gasteiger partial charge in [-0.25, -0.2) is 0 Å². The standard InChI is InChI=1S/C12H10BrF3N2O2/c13-8-2-1-7(12(14,15)16)4-9(8)18-5-6(11(17)20)3-10(18)19/h1-2,4,6H,3,5H2,(H2,17,20). The van der Waals surface area contributed by atoms with E-state index in [2.05, 4.69) is 15.9 Å². The Labute approximate surface area is 120 Å². The zero-order chi connectivity index (χ0) is 15.1. The Hall–Kier alpha value is -1.57. The maximum Gasteiger partial charge on any atom is 0.416 e. The number of hydrogen-bond donors (Lipinski definition) is 1. The lowest BCUT2D eigenvalue weighted by Gasteiger charge is -2.19. The van der Waals surface area contributed by atoms with E-state index in [1.54, 1.807) is 0 Å². The van der Waals surface area contributed by atoms with Crippen LogP contribution in [0.3, 0.4) is 0 Å². The van der Waals surface area contributed by atoms with Gasteiger partial charge in [0.05, 0.1) is 17.2 Å². The predicted octanol–water partition coefficient (Wildman–Crippen LogP) is 2.31. The molecule has 0 spiro atoms. The van der Waals surface area contributed by atoms with Gasteiger partial charge in [-0.05, 0) is 34.1 Å². The lowest BCUT2D eigenvalue weighted by molar-refractivity contribution is -0.137. The van der Waals surface area contributed by atoms with E-state index >= 15 is 0 Å². The number of nitrogens with two attached hydrogens (primary N) is 1. The Kier molecular flexibility index (Phi) is 3.77. The third kappa shape index (κ3) is 2.79. The van der Waals surface area contributed by atoms with Gasteiger partial charge >= 0.3 is 6.18 Å². The molecule has 4 nitrogen and oxygen atoms in total. The second kappa shape index (κ2) is 5.08. The minimum absolute atomic E-state index is 0.00588. The average Bonchev–Trinajstić information content (AvgIpc) is 2.70. The number of carbonyl (C=O) groups is 2. The van der Waals surface area contributed by atoms with Gasteiger partial charge in [0.2, 0.25) is 11.8 Å². The average molecular weight is 351 g/mol. The predicted molar refractivity (Wildman–Crippen MR) is 68.8 cm³/mol. The van der Waals surface area contributed by atoms with Crippen molar-refractivity contribution in [3.05, 3.63) is 28.2 Å². The maximum atomic E-state index is 12.7. The largest absolute Gasteiger partial charge is 0.416 e. The molecule has 1 saturated heterocycles. The van der Waals surface area contributed by atoms with Gasteiger partial charge in [-0.3, -0.25) is 9.59 Å². The zero-order valence-corrected chi connectivity index (χ0v) is 11.7. The molecule has 1 atom stereocenters. The summed E-state index contributed by atoms with van der Waals surface area (Å²) in [5.74, 6) is -1.73. The second-order valence-electron chi connectivity index (χ2n) is 4.47. The van der Waals surface area contributed by atoms with Gasteiger partial charge in [0.1, 0.15) is 0 Å². The van der Waals surface area contributed by atoms with Gasteiger partial charge in [-0.1, -0.05) is 0 Å². The number of amides is 2. The van der Waals surface area contributed by atoms with Crippen LogP contribution in [0, 0.1) is 5.92 Å². The molecule has 0 bridgehead atoms. The van der Waals surface area contributed by atoms with Crippen molar-refractivity contribution >= 4 is 33.4 Å². The first-order valence-corrected chi connectivity index (χ1v) is 6.46. The Morgan fingerprint density at radius 3 is 2.55 bits per heavy atom. The molecule has 8 heteroatoms. The molecular weight excluding hydrogens is 341 g/mol. The topological polar surface area (TPSA) is 63.4 Å². The van der Waals surface area contributed by atoms with Crippen LogP contribution >= 0.6 is 15.9 Å². The molecular formula is C12H10BrF3N2O2. The molecule has 0 aromatic heterocycles. The highest BCUT2D eigenvalue weighted by Crippen LogP contribution is 2.37. The quantitative estimate of drug-likeness (QED) is 0.889. The van der Waals surface area contributed by atoms with Gasteiger partial charge in [0, 0.05) is 17.4 Å². The summed E-state index contributed by atoms with van der Waals surface area (Å²) in [6.07, 6.45) is -4.58. The van der Waals surface area contributed by atoms with Gasteiger partial charge in [0.25, 0.3) is 0 Å². The van der Waals surface area contributed by atoms with Crippen molar-refractivity contribution in [1.29, 1.82) is 0 Å². The number of halogens is 4. The highest BCUT2D eigenvalue weighted by molar-refractivity contribution is 9.10. The Morgan fingerprint density at radius 2 is 2.05 bits per heavy atom. The molecule has 1 fully saturated rings. The lowest BCUT2D eigenvalue weighted by atomic mass is 10.1. The first-order valence-electron chi connectivity index (χ1n) is 5.66. The minimum atomic E-state index is -4.50. The first-order chi connectivity index (χ1) is 9.20. The molecule has 1 unspecified atom stereocenters. The fourth-order valence-corrected chi connectivity index (χ4v) is 2.49. The molecule has 1 aromatic carbocycles. The summed E-state index contributed by atoms with van der Waals surface area (Å²) in [4.78, 5) is 24.1. The molecule has 1 aromatic rings. The minimum Gasteiger partial charge on any atom is -0.369 e. The summed E-state index contributed by atoms with van der Waals surface area (Å²) in [5, 5.41) is 0.